The van der Waals surface area contributed by atoms with Crippen LogP contribution in [0, 0.1) is 6.92 Å². The summed E-state index contributed by atoms with van der Waals surface area (Å²) in [4.78, 5) is 13.4. The maximum absolute atomic E-state index is 11.3. The summed E-state index contributed by atoms with van der Waals surface area (Å²) in [6, 6.07) is 0. The Kier molecular flexibility index (Phi) is 2.81. The van der Waals surface area contributed by atoms with Crippen LogP contribution in [0.5, 0.6) is 0 Å². The Labute approximate surface area is 89.1 Å². The van der Waals surface area contributed by atoms with Crippen molar-refractivity contribution in [1.82, 2.24) is 19.7 Å². The highest BCUT2D eigenvalue weighted by Crippen LogP contribution is 2.09. The number of piperidine rings is 1. The largest absolute Gasteiger partial charge is 0.317 e. The van der Waals surface area contributed by atoms with Gasteiger partial charge in [-0.1, -0.05) is 0 Å². The van der Waals surface area contributed by atoms with Gasteiger partial charge in [0.15, 0.2) is 0 Å². The van der Waals surface area contributed by atoms with Crippen molar-refractivity contribution in [2.24, 2.45) is 7.05 Å². The van der Waals surface area contributed by atoms with E-state index in [0.717, 1.165) is 37.6 Å². The Morgan fingerprint density at radius 3 is 2.80 bits per heavy atom. The van der Waals surface area contributed by atoms with Crippen LogP contribution in [0.2, 0.25) is 0 Å². The monoisotopic (exact) mass is 208 g/mol. The summed E-state index contributed by atoms with van der Waals surface area (Å²) in [7, 11) is 1.95. The third kappa shape index (κ3) is 2.23. The lowest BCUT2D eigenvalue weighted by Gasteiger charge is -2.24. The van der Waals surface area contributed by atoms with Crippen molar-refractivity contribution in [2.75, 3.05) is 13.1 Å². The lowest BCUT2D eigenvalue weighted by Crippen LogP contribution is -2.35. The highest BCUT2D eigenvalue weighted by molar-refractivity contribution is 5.81. The van der Waals surface area contributed by atoms with Gasteiger partial charge in [-0.15, -0.1) is 10.2 Å². The van der Waals surface area contributed by atoms with E-state index in [-0.39, 0.29) is 0 Å². The molecule has 0 atom stereocenters. The minimum Gasteiger partial charge on any atom is -0.317 e. The van der Waals surface area contributed by atoms with Crippen molar-refractivity contribution >= 4 is 5.78 Å². The van der Waals surface area contributed by atoms with Crippen LogP contribution >= 0.6 is 0 Å². The highest BCUT2D eigenvalue weighted by atomic mass is 16.1. The smallest absolute Gasteiger partial charge is 0.146 e. The van der Waals surface area contributed by atoms with Gasteiger partial charge in [-0.2, -0.15) is 0 Å². The Balaban J connectivity index is 2.02. The second kappa shape index (κ2) is 4.10. The molecule has 1 aliphatic rings. The van der Waals surface area contributed by atoms with Gasteiger partial charge in [0, 0.05) is 13.5 Å². The van der Waals surface area contributed by atoms with Gasteiger partial charge >= 0.3 is 0 Å². The van der Waals surface area contributed by atoms with Gasteiger partial charge in [0.2, 0.25) is 0 Å². The number of aromatic nitrogens is 3. The van der Waals surface area contributed by atoms with E-state index >= 15 is 0 Å². The Morgan fingerprint density at radius 2 is 2.20 bits per heavy atom. The molecule has 2 heterocycles. The molecule has 0 aromatic carbocycles. The molecule has 0 radical (unpaired) electrons. The Morgan fingerprint density at radius 1 is 1.40 bits per heavy atom. The van der Waals surface area contributed by atoms with Crippen molar-refractivity contribution in [3.63, 3.8) is 0 Å². The molecule has 5 nitrogen and oxygen atoms in total. The van der Waals surface area contributed by atoms with Gasteiger partial charge in [0.1, 0.15) is 17.4 Å². The van der Waals surface area contributed by atoms with Crippen LogP contribution < -0.4 is 0 Å². The Hall–Kier alpha value is -1.23. The fourth-order valence-corrected chi connectivity index (χ4v) is 1.83. The first-order valence-electron chi connectivity index (χ1n) is 5.26. The number of nitrogens with zero attached hydrogens (tertiary/aromatic N) is 4. The zero-order chi connectivity index (χ0) is 10.8. The zero-order valence-electron chi connectivity index (χ0n) is 9.23. The predicted molar refractivity (Wildman–Crippen MR) is 55.3 cm³/mol. The molecule has 0 spiro atoms. The van der Waals surface area contributed by atoms with Gasteiger partial charge in [-0.05, 0) is 19.9 Å². The van der Waals surface area contributed by atoms with Crippen LogP contribution in [0.1, 0.15) is 24.5 Å². The molecule has 82 valence electrons. The molecule has 0 N–H and O–H groups in total. The Bertz CT molecular complexity index is 371. The topological polar surface area (TPSA) is 51.0 Å². The van der Waals surface area contributed by atoms with Crippen molar-refractivity contribution in [1.29, 1.82) is 0 Å². The molecule has 0 bridgehead atoms. The lowest BCUT2D eigenvalue weighted by atomic mass is 10.1. The number of carbonyl (C=O) groups excluding carboxylic acids is 1. The second-order valence-corrected chi connectivity index (χ2v) is 4.08. The lowest BCUT2D eigenvalue weighted by molar-refractivity contribution is -0.122. The van der Waals surface area contributed by atoms with Gasteiger partial charge in [-0.3, -0.25) is 9.69 Å². The predicted octanol–water partition coefficient (Wildman–Crippen LogP) is 0.288. The first-order valence-corrected chi connectivity index (χ1v) is 5.26. The van der Waals surface area contributed by atoms with Gasteiger partial charge in [0.05, 0.1) is 13.1 Å². The van der Waals surface area contributed by atoms with E-state index in [0.29, 0.717) is 12.3 Å². The van der Waals surface area contributed by atoms with Crippen molar-refractivity contribution in [3.8, 4) is 0 Å². The summed E-state index contributed by atoms with van der Waals surface area (Å²) in [5.74, 6) is 2.18. The summed E-state index contributed by atoms with van der Waals surface area (Å²) in [5.41, 5.74) is 0. The first kappa shape index (κ1) is 10.3. The number of ketones is 1. The quantitative estimate of drug-likeness (QED) is 0.701. The standard InChI is InChI=1S/C10H16N4O/c1-8-11-12-10(13(8)2)7-14-5-3-4-9(15)6-14/h3-7H2,1-2H3. The second-order valence-electron chi connectivity index (χ2n) is 4.08. The van der Waals surface area contributed by atoms with Crippen LogP contribution in [-0.4, -0.2) is 38.5 Å². The highest BCUT2D eigenvalue weighted by Gasteiger charge is 2.18. The van der Waals surface area contributed by atoms with Gasteiger partial charge in [0.25, 0.3) is 0 Å². The van der Waals surface area contributed by atoms with E-state index in [1.54, 1.807) is 0 Å². The SMILES string of the molecule is Cc1nnc(CN2CCCC(=O)C2)n1C. The molecule has 1 aromatic heterocycles. The van der Waals surface area contributed by atoms with Crippen LogP contribution in [-0.2, 0) is 18.4 Å². The molecule has 0 unspecified atom stereocenters. The van der Waals surface area contributed by atoms with Gasteiger partial charge in [-0.25, -0.2) is 0 Å². The molecule has 1 aliphatic heterocycles. The van der Waals surface area contributed by atoms with Crippen LogP contribution in [0.3, 0.4) is 0 Å². The molecular weight excluding hydrogens is 192 g/mol. The number of hydrogen-bond donors (Lipinski definition) is 0. The van der Waals surface area contributed by atoms with E-state index < -0.39 is 0 Å². The fourth-order valence-electron chi connectivity index (χ4n) is 1.83. The number of likely N-dealkylation sites (tertiary alicyclic amines) is 1. The summed E-state index contributed by atoms with van der Waals surface area (Å²) in [6.07, 6.45) is 1.70. The molecular formula is C10H16N4O. The normalized spacial score (nSPS) is 18.4. The average Bonchev–Trinajstić information content (AvgIpc) is 2.50. The molecule has 1 aromatic rings. The maximum Gasteiger partial charge on any atom is 0.146 e. The molecule has 1 saturated heterocycles. The van der Waals surface area contributed by atoms with Crippen molar-refractivity contribution < 1.29 is 4.79 Å². The number of hydrogen-bond acceptors (Lipinski definition) is 4. The number of aryl methyl sites for hydroxylation is 1. The minimum atomic E-state index is 0.333. The summed E-state index contributed by atoms with van der Waals surface area (Å²) >= 11 is 0. The molecule has 5 heteroatoms. The molecule has 2 rings (SSSR count). The van der Waals surface area contributed by atoms with E-state index in [2.05, 4.69) is 15.1 Å². The average molecular weight is 208 g/mol. The molecule has 1 fully saturated rings. The molecule has 0 saturated carbocycles. The molecule has 15 heavy (non-hydrogen) atoms. The first-order chi connectivity index (χ1) is 7.16. The number of Topliss-reactive ketones (excluding diaryl/α,β-unsaturated/α-hetero) is 1. The van der Waals surface area contributed by atoms with E-state index in [4.69, 9.17) is 0 Å². The summed E-state index contributed by atoms with van der Waals surface area (Å²) < 4.78 is 1.97. The van der Waals surface area contributed by atoms with E-state index in [1.807, 2.05) is 18.5 Å². The molecule has 0 aliphatic carbocycles. The van der Waals surface area contributed by atoms with Crippen LogP contribution in [0.4, 0.5) is 0 Å². The third-order valence-corrected chi connectivity index (χ3v) is 2.88. The summed E-state index contributed by atoms with van der Waals surface area (Å²) in [5, 5.41) is 8.10. The number of rotatable bonds is 2. The van der Waals surface area contributed by atoms with E-state index in [9.17, 15) is 4.79 Å². The third-order valence-electron chi connectivity index (χ3n) is 2.88. The maximum atomic E-state index is 11.3. The van der Waals surface area contributed by atoms with E-state index in [1.165, 1.54) is 0 Å². The van der Waals surface area contributed by atoms with Crippen LogP contribution in [0.15, 0.2) is 0 Å². The fraction of sp³-hybridized carbons (Fsp3) is 0.700. The van der Waals surface area contributed by atoms with Crippen molar-refractivity contribution in [2.45, 2.75) is 26.3 Å². The summed E-state index contributed by atoms with van der Waals surface area (Å²) in [6.45, 7) is 4.20. The number of carbonyl (C=O) groups is 1. The minimum absolute atomic E-state index is 0.333. The molecule has 0 amide bonds. The van der Waals surface area contributed by atoms with Gasteiger partial charge < -0.3 is 4.57 Å². The van der Waals surface area contributed by atoms with Crippen LogP contribution in [0.25, 0.3) is 0 Å². The van der Waals surface area contributed by atoms with Crippen molar-refractivity contribution in [3.05, 3.63) is 11.6 Å². The zero-order valence-corrected chi connectivity index (χ0v) is 9.23.